The molecule has 2 aromatic carbocycles. The molecule has 0 aliphatic heterocycles. The van der Waals surface area contributed by atoms with Gasteiger partial charge in [0.1, 0.15) is 11.6 Å². The lowest BCUT2D eigenvalue weighted by molar-refractivity contribution is 0.539. The fraction of sp³-hybridized carbons (Fsp3) is 0.118. The fourth-order valence-corrected chi connectivity index (χ4v) is 2.36. The van der Waals surface area contributed by atoms with Gasteiger partial charge in [0, 0.05) is 23.2 Å². The molecule has 3 aromatic rings. The van der Waals surface area contributed by atoms with E-state index in [2.05, 4.69) is 4.98 Å². The fourth-order valence-electron chi connectivity index (χ4n) is 2.36. The van der Waals surface area contributed by atoms with Gasteiger partial charge in [0.25, 0.3) is 0 Å². The molecule has 2 nitrogen and oxygen atoms in total. The first kappa shape index (κ1) is 13.6. The van der Waals surface area contributed by atoms with Gasteiger partial charge in [-0.2, -0.15) is 0 Å². The van der Waals surface area contributed by atoms with E-state index in [1.54, 1.807) is 6.20 Å². The van der Waals surface area contributed by atoms with Gasteiger partial charge in [0.15, 0.2) is 0 Å². The van der Waals surface area contributed by atoms with Crippen molar-refractivity contribution in [2.45, 2.75) is 12.5 Å². The molecule has 0 saturated heterocycles. The summed E-state index contributed by atoms with van der Waals surface area (Å²) in [4.78, 5) is 4.32. The Bertz CT molecular complexity index is 766. The zero-order valence-corrected chi connectivity index (χ0v) is 11.3. The van der Waals surface area contributed by atoms with Crippen molar-refractivity contribution in [2.24, 2.45) is 5.73 Å². The lowest BCUT2D eigenvalue weighted by atomic mass is 9.99. The summed E-state index contributed by atoms with van der Waals surface area (Å²) in [5.41, 5.74) is 7.72. The Morgan fingerprint density at radius 2 is 1.71 bits per heavy atom. The molecule has 4 heteroatoms. The second-order valence-corrected chi connectivity index (χ2v) is 4.97. The molecule has 3 rings (SSSR count). The smallest absolute Gasteiger partial charge is 0.129 e. The van der Waals surface area contributed by atoms with Crippen molar-refractivity contribution in [3.05, 3.63) is 77.5 Å². The Morgan fingerprint density at radius 1 is 1.00 bits per heavy atom. The third kappa shape index (κ3) is 2.76. The predicted molar refractivity (Wildman–Crippen MR) is 78.7 cm³/mol. The standard InChI is InChI=1S/C17H14F2N2/c18-14-5-3-6-15(19)13(14)9-16(20)12-8-11-4-1-2-7-17(11)21-10-12/h1-8,10,16H,9,20H2. The number of aromatic nitrogens is 1. The van der Waals surface area contributed by atoms with Crippen LogP contribution in [0.3, 0.4) is 0 Å². The second-order valence-electron chi connectivity index (χ2n) is 4.97. The van der Waals surface area contributed by atoms with E-state index in [4.69, 9.17) is 5.73 Å². The van der Waals surface area contributed by atoms with E-state index in [1.165, 1.54) is 18.2 Å². The molecule has 2 N–H and O–H groups in total. The largest absolute Gasteiger partial charge is 0.324 e. The lowest BCUT2D eigenvalue weighted by Crippen LogP contribution is -2.15. The number of benzene rings is 2. The summed E-state index contributed by atoms with van der Waals surface area (Å²) in [5, 5.41) is 0.958. The number of fused-ring (bicyclic) bond motifs is 1. The number of nitrogens with zero attached hydrogens (tertiary/aromatic N) is 1. The third-order valence-corrected chi connectivity index (χ3v) is 3.53. The van der Waals surface area contributed by atoms with Crippen molar-refractivity contribution in [1.29, 1.82) is 0 Å². The highest BCUT2D eigenvalue weighted by Gasteiger charge is 2.15. The van der Waals surface area contributed by atoms with Gasteiger partial charge < -0.3 is 5.73 Å². The van der Waals surface area contributed by atoms with Crippen molar-refractivity contribution in [3.8, 4) is 0 Å². The topological polar surface area (TPSA) is 38.9 Å². The van der Waals surface area contributed by atoms with Crippen LogP contribution in [-0.4, -0.2) is 4.98 Å². The average Bonchev–Trinajstić information content (AvgIpc) is 2.50. The Hall–Kier alpha value is -2.33. The van der Waals surface area contributed by atoms with Crippen LogP contribution in [0, 0.1) is 11.6 Å². The number of hydrogen-bond acceptors (Lipinski definition) is 2. The van der Waals surface area contributed by atoms with Gasteiger partial charge in [0.05, 0.1) is 5.52 Å². The minimum atomic E-state index is -0.570. The minimum Gasteiger partial charge on any atom is -0.324 e. The lowest BCUT2D eigenvalue weighted by Gasteiger charge is -2.13. The molecule has 0 aliphatic rings. The summed E-state index contributed by atoms with van der Waals surface area (Å²) in [5.74, 6) is -1.14. The second kappa shape index (κ2) is 5.58. The molecule has 0 fully saturated rings. The molecule has 1 atom stereocenters. The molecule has 1 unspecified atom stereocenters. The summed E-state index contributed by atoms with van der Waals surface area (Å²) in [6.45, 7) is 0. The molecular formula is C17H14F2N2. The van der Waals surface area contributed by atoms with Gasteiger partial charge in [-0.3, -0.25) is 4.98 Å². The zero-order valence-electron chi connectivity index (χ0n) is 11.3. The molecular weight excluding hydrogens is 270 g/mol. The molecule has 1 heterocycles. The highest BCUT2D eigenvalue weighted by atomic mass is 19.1. The van der Waals surface area contributed by atoms with E-state index < -0.39 is 17.7 Å². The molecule has 0 saturated carbocycles. The van der Waals surface area contributed by atoms with Crippen molar-refractivity contribution < 1.29 is 8.78 Å². The van der Waals surface area contributed by atoms with Gasteiger partial charge in [0.2, 0.25) is 0 Å². The Morgan fingerprint density at radius 3 is 2.48 bits per heavy atom. The van der Waals surface area contributed by atoms with Crippen LogP contribution in [0.4, 0.5) is 8.78 Å². The normalized spacial score (nSPS) is 12.5. The SMILES string of the molecule is NC(Cc1c(F)cccc1F)c1cnc2ccccc2c1. The van der Waals surface area contributed by atoms with Crippen LogP contribution >= 0.6 is 0 Å². The summed E-state index contributed by atoms with van der Waals surface area (Å²) in [6.07, 6.45) is 1.75. The quantitative estimate of drug-likeness (QED) is 0.795. The van der Waals surface area contributed by atoms with Crippen LogP contribution in [0.5, 0.6) is 0 Å². The highest BCUT2D eigenvalue weighted by Crippen LogP contribution is 2.22. The van der Waals surface area contributed by atoms with Crippen LogP contribution < -0.4 is 5.73 Å². The predicted octanol–water partition coefficient (Wildman–Crippen LogP) is 3.76. The van der Waals surface area contributed by atoms with E-state index >= 15 is 0 Å². The Labute approximate surface area is 121 Å². The van der Waals surface area contributed by atoms with Crippen LogP contribution in [0.15, 0.2) is 54.7 Å². The van der Waals surface area contributed by atoms with Crippen LogP contribution in [0.2, 0.25) is 0 Å². The van der Waals surface area contributed by atoms with E-state index in [-0.39, 0.29) is 12.0 Å². The minimum absolute atomic E-state index is 0.0122. The van der Waals surface area contributed by atoms with Crippen molar-refractivity contribution >= 4 is 10.9 Å². The number of hydrogen-bond donors (Lipinski definition) is 1. The molecule has 0 bridgehead atoms. The molecule has 1 aromatic heterocycles. The van der Waals surface area contributed by atoms with Gasteiger partial charge >= 0.3 is 0 Å². The maximum absolute atomic E-state index is 13.7. The number of rotatable bonds is 3. The number of para-hydroxylation sites is 1. The molecule has 0 aliphatic carbocycles. The maximum atomic E-state index is 13.7. The average molecular weight is 284 g/mol. The molecule has 0 radical (unpaired) electrons. The van der Waals surface area contributed by atoms with Crippen molar-refractivity contribution in [2.75, 3.05) is 0 Å². The van der Waals surface area contributed by atoms with Crippen LogP contribution in [0.25, 0.3) is 10.9 Å². The first-order valence-corrected chi connectivity index (χ1v) is 6.68. The van der Waals surface area contributed by atoms with Crippen LogP contribution in [0.1, 0.15) is 17.2 Å². The number of nitrogens with two attached hydrogens (primary N) is 1. The maximum Gasteiger partial charge on any atom is 0.129 e. The molecule has 0 spiro atoms. The van der Waals surface area contributed by atoms with Gasteiger partial charge in [-0.05, 0) is 36.2 Å². The third-order valence-electron chi connectivity index (χ3n) is 3.53. The van der Waals surface area contributed by atoms with E-state index in [0.29, 0.717) is 0 Å². The van der Waals surface area contributed by atoms with E-state index in [1.807, 2.05) is 30.3 Å². The van der Waals surface area contributed by atoms with Crippen LogP contribution in [-0.2, 0) is 6.42 Å². The van der Waals surface area contributed by atoms with Gasteiger partial charge in [-0.25, -0.2) is 8.78 Å². The van der Waals surface area contributed by atoms with Gasteiger partial charge in [-0.15, -0.1) is 0 Å². The summed E-state index contributed by atoms with van der Waals surface area (Å²) >= 11 is 0. The Balaban J connectivity index is 1.91. The van der Waals surface area contributed by atoms with E-state index in [0.717, 1.165) is 16.5 Å². The molecule has 106 valence electrons. The molecule has 0 amide bonds. The highest BCUT2D eigenvalue weighted by molar-refractivity contribution is 5.78. The van der Waals surface area contributed by atoms with Crippen molar-refractivity contribution in [1.82, 2.24) is 4.98 Å². The summed E-state index contributed by atoms with van der Waals surface area (Å²) in [6, 6.07) is 12.9. The monoisotopic (exact) mass is 284 g/mol. The zero-order chi connectivity index (χ0) is 14.8. The number of pyridine rings is 1. The van der Waals surface area contributed by atoms with Gasteiger partial charge in [-0.1, -0.05) is 24.3 Å². The first-order valence-electron chi connectivity index (χ1n) is 6.68. The first-order chi connectivity index (χ1) is 10.1. The Kier molecular flexibility index (Phi) is 3.62. The summed E-state index contributed by atoms with van der Waals surface area (Å²) in [7, 11) is 0. The molecule has 21 heavy (non-hydrogen) atoms. The van der Waals surface area contributed by atoms with Crippen molar-refractivity contribution in [3.63, 3.8) is 0 Å². The number of halogens is 2. The summed E-state index contributed by atoms with van der Waals surface area (Å²) < 4.78 is 27.3. The van der Waals surface area contributed by atoms with E-state index in [9.17, 15) is 8.78 Å².